The number of pyridine rings is 2. The van der Waals surface area contributed by atoms with Crippen LogP contribution in [0.1, 0.15) is 71.6 Å². The molecule has 0 spiro atoms. The summed E-state index contributed by atoms with van der Waals surface area (Å²) < 4.78 is 0. The van der Waals surface area contributed by atoms with Gasteiger partial charge in [0.1, 0.15) is 5.82 Å². The number of carbonyl (C=O) groups is 1. The van der Waals surface area contributed by atoms with Gasteiger partial charge in [-0.15, -0.1) is 6.58 Å². The minimum Gasteiger partial charge on any atom is -0.352 e. The van der Waals surface area contributed by atoms with Crippen LogP contribution < -0.4 is 5.32 Å². The molecule has 39 heavy (non-hydrogen) atoms. The number of nitrogens with one attached hydrogen (secondary N) is 2. The maximum atomic E-state index is 12.7. The van der Waals surface area contributed by atoms with Crippen LogP contribution in [0, 0.1) is 0 Å². The van der Waals surface area contributed by atoms with Crippen LogP contribution in [-0.4, -0.2) is 43.8 Å². The summed E-state index contributed by atoms with van der Waals surface area (Å²) in [5.74, 6) is 0.649. The van der Waals surface area contributed by atoms with E-state index in [0.29, 0.717) is 6.54 Å². The first-order valence-corrected chi connectivity index (χ1v) is 14.1. The summed E-state index contributed by atoms with van der Waals surface area (Å²) in [4.78, 5) is 32.5. The quantitative estimate of drug-likeness (QED) is 0.154. The van der Waals surface area contributed by atoms with E-state index in [-0.39, 0.29) is 33.6 Å². The molecule has 2 atom stereocenters. The zero-order valence-corrected chi connectivity index (χ0v) is 23.3. The Kier molecular flexibility index (Phi) is 8.91. The Morgan fingerprint density at radius 2 is 2.00 bits per heavy atom. The number of unbranched alkanes of at least 4 members (excludes halogenated alkanes) is 1. The zero-order valence-electron chi connectivity index (χ0n) is 21.7. The lowest BCUT2D eigenvalue weighted by atomic mass is 9.89. The average Bonchev–Trinajstić information content (AvgIpc) is 3.38. The van der Waals surface area contributed by atoms with Crippen molar-refractivity contribution in [3.8, 4) is 0 Å². The molecular weight excluding hydrogens is 531 g/mol. The van der Waals surface area contributed by atoms with Crippen molar-refractivity contribution in [2.24, 2.45) is 0 Å². The van der Waals surface area contributed by atoms with Gasteiger partial charge in [-0.3, -0.25) is 19.7 Å². The second-order valence-corrected chi connectivity index (χ2v) is 10.6. The third kappa shape index (κ3) is 6.16. The van der Waals surface area contributed by atoms with E-state index in [1.165, 1.54) is 18.0 Å². The van der Waals surface area contributed by atoms with E-state index in [2.05, 4.69) is 38.9 Å². The number of rotatable bonds is 11. The highest BCUT2D eigenvalue weighted by molar-refractivity contribution is 6.39. The molecule has 2 N–H and O–H groups in total. The summed E-state index contributed by atoms with van der Waals surface area (Å²) in [6.45, 7) is 5.40. The molecule has 7 nitrogen and oxygen atoms in total. The largest absolute Gasteiger partial charge is 0.352 e. The summed E-state index contributed by atoms with van der Waals surface area (Å²) in [6.07, 6.45) is 12.3. The number of aryl methyl sites for hydroxylation is 1. The summed E-state index contributed by atoms with van der Waals surface area (Å²) in [7, 11) is 0. The standard InChI is InChI=1S/C30H32Cl2N6O/c1-2-9-26(29-36-23-12-3-4-13-24(23)37-29)38(25-14-7-10-20-11-8-16-34-28(20)25)17-6-5-15-35-30(39)27-21(31)18-33-19-22(27)32/h2-4,8,11-13,16,18-19,25-26H,1,5-7,9-10,14-15,17H2,(H,35,39)(H,36,37). The molecule has 3 heterocycles. The van der Waals surface area contributed by atoms with E-state index in [9.17, 15) is 4.79 Å². The summed E-state index contributed by atoms with van der Waals surface area (Å²) in [6, 6.07) is 12.5. The lowest BCUT2D eigenvalue weighted by Gasteiger charge is -2.39. The molecule has 1 aliphatic rings. The molecule has 0 fully saturated rings. The van der Waals surface area contributed by atoms with Gasteiger partial charge in [-0.1, -0.05) is 47.5 Å². The number of amides is 1. The van der Waals surface area contributed by atoms with Crippen LogP contribution in [0.5, 0.6) is 0 Å². The molecule has 2 unspecified atom stereocenters. The van der Waals surface area contributed by atoms with Crippen molar-refractivity contribution < 1.29 is 4.79 Å². The predicted molar refractivity (Wildman–Crippen MR) is 156 cm³/mol. The first-order valence-electron chi connectivity index (χ1n) is 13.4. The third-order valence-corrected chi connectivity index (χ3v) is 7.86. The minimum absolute atomic E-state index is 0.0249. The number of benzene rings is 1. The fraction of sp³-hybridized carbons (Fsp3) is 0.333. The fourth-order valence-corrected chi connectivity index (χ4v) is 6.00. The molecule has 3 aromatic heterocycles. The van der Waals surface area contributed by atoms with Crippen LogP contribution in [0.2, 0.25) is 10.0 Å². The lowest BCUT2D eigenvalue weighted by Crippen LogP contribution is -2.37. The SMILES string of the molecule is C=CCC(c1nc2ccccc2[nH]1)N(CCCCNC(=O)c1c(Cl)cncc1Cl)C1CCCc2cccnc21. The molecule has 5 rings (SSSR count). The Hall–Kier alpha value is -3.26. The number of nitrogens with zero attached hydrogens (tertiary/aromatic N) is 4. The van der Waals surface area contributed by atoms with Crippen LogP contribution in [0.3, 0.4) is 0 Å². The molecule has 9 heteroatoms. The van der Waals surface area contributed by atoms with Crippen LogP contribution in [0.4, 0.5) is 0 Å². The van der Waals surface area contributed by atoms with E-state index in [0.717, 1.165) is 67.6 Å². The van der Waals surface area contributed by atoms with Crippen molar-refractivity contribution in [3.63, 3.8) is 0 Å². The number of fused-ring (bicyclic) bond motifs is 2. The Morgan fingerprint density at radius 3 is 2.79 bits per heavy atom. The smallest absolute Gasteiger partial charge is 0.254 e. The third-order valence-electron chi connectivity index (χ3n) is 7.29. The molecule has 0 radical (unpaired) electrons. The van der Waals surface area contributed by atoms with E-state index in [4.69, 9.17) is 33.2 Å². The van der Waals surface area contributed by atoms with Crippen molar-refractivity contribution in [2.75, 3.05) is 13.1 Å². The Labute approximate surface area is 238 Å². The van der Waals surface area contributed by atoms with Crippen LogP contribution in [0.25, 0.3) is 11.0 Å². The van der Waals surface area contributed by atoms with Crippen molar-refractivity contribution in [1.29, 1.82) is 0 Å². The molecule has 0 saturated carbocycles. The van der Waals surface area contributed by atoms with Gasteiger partial charge in [-0.2, -0.15) is 0 Å². The van der Waals surface area contributed by atoms with Gasteiger partial charge in [0.25, 0.3) is 5.91 Å². The van der Waals surface area contributed by atoms with Gasteiger partial charge in [0.05, 0.1) is 44.4 Å². The summed E-state index contributed by atoms with van der Waals surface area (Å²) >= 11 is 12.3. The topological polar surface area (TPSA) is 86.8 Å². The van der Waals surface area contributed by atoms with Crippen LogP contribution in [-0.2, 0) is 6.42 Å². The molecule has 0 aliphatic heterocycles. The van der Waals surface area contributed by atoms with Crippen molar-refractivity contribution in [3.05, 3.63) is 100 Å². The predicted octanol–water partition coefficient (Wildman–Crippen LogP) is 6.87. The van der Waals surface area contributed by atoms with E-state index in [1.54, 1.807) is 0 Å². The van der Waals surface area contributed by atoms with Crippen LogP contribution in [0.15, 0.2) is 67.6 Å². The number of aromatic nitrogens is 4. The monoisotopic (exact) mass is 562 g/mol. The number of para-hydroxylation sites is 2. The Balaban J connectivity index is 1.34. The number of carbonyl (C=O) groups excluding carboxylic acids is 1. The van der Waals surface area contributed by atoms with Crippen molar-refractivity contribution in [1.82, 2.24) is 30.2 Å². The van der Waals surface area contributed by atoms with Gasteiger partial charge in [-0.25, -0.2) is 4.98 Å². The van der Waals surface area contributed by atoms with E-state index < -0.39 is 0 Å². The van der Waals surface area contributed by atoms with Gasteiger partial charge in [0.15, 0.2) is 0 Å². The highest BCUT2D eigenvalue weighted by Gasteiger charge is 2.33. The highest BCUT2D eigenvalue weighted by atomic mass is 35.5. The zero-order chi connectivity index (χ0) is 27.2. The van der Waals surface area contributed by atoms with E-state index in [1.807, 2.05) is 36.5 Å². The summed E-state index contributed by atoms with van der Waals surface area (Å²) in [5, 5.41) is 3.44. The first kappa shape index (κ1) is 27.3. The molecule has 1 aromatic carbocycles. The summed E-state index contributed by atoms with van der Waals surface area (Å²) in [5.41, 5.74) is 4.72. The molecule has 4 aromatic rings. The Bertz CT molecular complexity index is 1400. The second-order valence-electron chi connectivity index (χ2n) is 9.81. The van der Waals surface area contributed by atoms with Crippen molar-refractivity contribution >= 4 is 40.1 Å². The molecule has 1 amide bonds. The fourth-order valence-electron chi connectivity index (χ4n) is 5.47. The Morgan fingerprint density at radius 1 is 1.18 bits per heavy atom. The average molecular weight is 564 g/mol. The van der Waals surface area contributed by atoms with Gasteiger partial charge in [-0.05, 0) is 68.8 Å². The lowest BCUT2D eigenvalue weighted by molar-refractivity contribution is 0.0946. The van der Waals surface area contributed by atoms with E-state index >= 15 is 0 Å². The minimum atomic E-state index is -0.290. The number of halogens is 2. The molecule has 1 aliphatic carbocycles. The van der Waals surface area contributed by atoms with Gasteiger partial charge in [0.2, 0.25) is 0 Å². The maximum absolute atomic E-state index is 12.7. The number of aromatic amines is 1. The molecule has 0 saturated heterocycles. The highest BCUT2D eigenvalue weighted by Crippen LogP contribution is 2.39. The molecule has 202 valence electrons. The molecule has 0 bridgehead atoms. The normalized spacial score (nSPS) is 15.7. The number of imidazole rings is 1. The number of H-pyrrole nitrogens is 1. The second kappa shape index (κ2) is 12.7. The van der Waals surface area contributed by atoms with Gasteiger partial charge < -0.3 is 10.3 Å². The number of hydrogen-bond acceptors (Lipinski definition) is 5. The van der Waals surface area contributed by atoms with Gasteiger partial charge >= 0.3 is 0 Å². The van der Waals surface area contributed by atoms with Crippen molar-refractivity contribution in [2.45, 2.75) is 50.6 Å². The van der Waals surface area contributed by atoms with Gasteiger partial charge in [0, 0.05) is 25.1 Å². The number of hydrogen-bond donors (Lipinski definition) is 2. The first-order chi connectivity index (χ1) is 19.1. The molecular formula is C30H32Cl2N6O. The maximum Gasteiger partial charge on any atom is 0.254 e. The van der Waals surface area contributed by atoms with Crippen LogP contribution >= 0.6 is 23.2 Å².